The summed E-state index contributed by atoms with van der Waals surface area (Å²) < 4.78 is 17.7. The molecule has 282 valence electrons. The number of hydroxylamine groups is 2. The van der Waals surface area contributed by atoms with Gasteiger partial charge in [0.15, 0.2) is 0 Å². The fraction of sp³-hybridized carbons (Fsp3) is 0.806. The Balaban J connectivity index is 1.37. The van der Waals surface area contributed by atoms with Crippen LogP contribution in [0.25, 0.3) is 0 Å². The van der Waals surface area contributed by atoms with E-state index in [0.29, 0.717) is 5.06 Å². The number of amides is 5. The first kappa shape index (κ1) is 39.5. The molecular weight excluding hydrogens is 668 g/mol. The number of hydrogen-bond acceptors (Lipinski definition) is 15. The van der Waals surface area contributed by atoms with Gasteiger partial charge in [0.25, 0.3) is 11.8 Å². The number of unbranched alkanes of at least 4 members (excludes halogenated alkanes) is 1. The Morgan fingerprint density at radius 3 is 1.92 bits per heavy atom. The molecular formula is C31H48N4O15. The molecule has 5 amide bonds. The van der Waals surface area contributed by atoms with E-state index in [9.17, 15) is 54.3 Å². The molecule has 19 heteroatoms. The second kappa shape index (κ2) is 18.3. The molecule has 2 aliphatic heterocycles. The van der Waals surface area contributed by atoms with Gasteiger partial charge in [0, 0.05) is 45.2 Å². The standard InChI is InChI=1S/C31H48N4O15/c1-16-12-19-31(30(46)26(16)42)49-18-13-17(27(43)29(45)28(18)44)47-10-8-32-20(36)14-34(15-21(37)33-9-11-48-19)22(38)4-2-3-5-25(41)50-35-23(39)6-7-24(35)40/h16-19,26-31,42-46H,2-15H2,1H3,(H,32,36)(H,33,37)/t16-,17-,18-,19-,26-,27-,28-,29+,30-,31-/m1/s1. The molecule has 2 bridgehead atoms. The molecule has 10 atom stereocenters. The lowest BCUT2D eigenvalue weighted by Crippen LogP contribution is -2.61. The van der Waals surface area contributed by atoms with Crippen LogP contribution in [-0.4, -0.2) is 165 Å². The van der Waals surface area contributed by atoms with Crippen molar-refractivity contribution in [1.29, 1.82) is 0 Å². The van der Waals surface area contributed by atoms with Crippen molar-refractivity contribution < 1.29 is 73.3 Å². The fourth-order valence-corrected chi connectivity index (χ4v) is 6.38. The predicted octanol–water partition coefficient (Wildman–Crippen LogP) is -4.00. The topological polar surface area (TPSA) is 271 Å². The minimum atomic E-state index is -1.66. The molecule has 4 aliphatic rings. The van der Waals surface area contributed by atoms with Crippen molar-refractivity contribution in [3.8, 4) is 0 Å². The molecule has 0 aromatic heterocycles. The van der Waals surface area contributed by atoms with Crippen LogP contribution in [0.3, 0.4) is 0 Å². The third-order valence-electron chi connectivity index (χ3n) is 9.25. The van der Waals surface area contributed by atoms with Crippen molar-refractivity contribution in [2.45, 2.75) is 113 Å². The van der Waals surface area contributed by atoms with Crippen molar-refractivity contribution in [3.05, 3.63) is 0 Å². The summed E-state index contributed by atoms with van der Waals surface area (Å²) in [7, 11) is 0. The lowest BCUT2D eigenvalue weighted by atomic mass is 9.81. The summed E-state index contributed by atoms with van der Waals surface area (Å²) in [5, 5.41) is 58.8. The summed E-state index contributed by atoms with van der Waals surface area (Å²) in [6, 6.07) is 0. The van der Waals surface area contributed by atoms with Crippen LogP contribution < -0.4 is 10.6 Å². The zero-order valence-corrected chi connectivity index (χ0v) is 27.9. The molecule has 50 heavy (non-hydrogen) atoms. The Morgan fingerprint density at radius 1 is 0.740 bits per heavy atom. The number of nitrogens with one attached hydrogen (secondary N) is 2. The molecule has 7 N–H and O–H groups in total. The summed E-state index contributed by atoms with van der Waals surface area (Å²) in [6.45, 7) is 0.438. The maximum Gasteiger partial charge on any atom is 0.333 e. The van der Waals surface area contributed by atoms with E-state index < -0.39 is 104 Å². The molecule has 19 nitrogen and oxygen atoms in total. The number of fused-ring (bicyclic) bond motifs is 3. The summed E-state index contributed by atoms with van der Waals surface area (Å²) in [6.07, 6.45) is -11.3. The van der Waals surface area contributed by atoms with Gasteiger partial charge < -0.3 is 60.1 Å². The van der Waals surface area contributed by atoms with Gasteiger partial charge in [0.2, 0.25) is 17.7 Å². The molecule has 0 aromatic rings. The number of carbonyl (C=O) groups excluding carboxylic acids is 6. The van der Waals surface area contributed by atoms with Crippen LogP contribution in [0.2, 0.25) is 0 Å². The lowest BCUT2D eigenvalue weighted by Gasteiger charge is -2.46. The van der Waals surface area contributed by atoms with Gasteiger partial charge >= 0.3 is 5.97 Å². The van der Waals surface area contributed by atoms with E-state index in [-0.39, 0.29) is 83.6 Å². The highest BCUT2D eigenvalue weighted by Crippen LogP contribution is 2.33. The highest BCUT2D eigenvalue weighted by molar-refractivity contribution is 6.01. The summed E-state index contributed by atoms with van der Waals surface area (Å²) in [5.41, 5.74) is 0. The Labute approximate surface area is 288 Å². The summed E-state index contributed by atoms with van der Waals surface area (Å²) in [5.74, 6) is -4.20. The molecule has 0 unspecified atom stereocenters. The second-order valence-corrected chi connectivity index (χ2v) is 13.1. The lowest BCUT2D eigenvalue weighted by molar-refractivity contribution is -0.251. The van der Waals surface area contributed by atoms with Crippen LogP contribution in [0.15, 0.2) is 0 Å². The first-order valence-electron chi connectivity index (χ1n) is 16.9. The second-order valence-electron chi connectivity index (χ2n) is 13.1. The number of aliphatic hydroxyl groups excluding tert-OH is 5. The van der Waals surface area contributed by atoms with Crippen LogP contribution in [0.5, 0.6) is 0 Å². The van der Waals surface area contributed by atoms with Crippen molar-refractivity contribution >= 4 is 35.5 Å². The van der Waals surface area contributed by atoms with Gasteiger partial charge in [-0.25, -0.2) is 4.79 Å². The number of hydrogen-bond donors (Lipinski definition) is 7. The smallest absolute Gasteiger partial charge is 0.333 e. The zero-order valence-electron chi connectivity index (χ0n) is 27.9. The minimum Gasteiger partial charge on any atom is -0.390 e. The Morgan fingerprint density at radius 2 is 1.30 bits per heavy atom. The number of nitrogens with zero attached hydrogens (tertiary/aromatic N) is 2. The maximum atomic E-state index is 13.1. The zero-order chi connectivity index (χ0) is 36.5. The van der Waals surface area contributed by atoms with E-state index in [1.165, 1.54) is 0 Å². The number of imide groups is 1. The average molecular weight is 717 g/mol. The van der Waals surface area contributed by atoms with Crippen molar-refractivity contribution in [2.24, 2.45) is 5.92 Å². The number of ether oxygens (including phenoxy) is 3. The molecule has 4 rings (SSSR count). The highest BCUT2D eigenvalue weighted by atomic mass is 16.7. The first-order valence-corrected chi connectivity index (χ1v) is 16.9. The monoisotopic (exact) mass is 716 g/mol. The van der Waals surface area contributed by atoms with E-state index in [1.54, 1.807) is 6.92 Å². The van der Waals surface area contributed by atoms with Gasteiger partial charge in [-0.3, -0.25) is 24.0 Å². The molecule has 2 heterocycles. The molecule has 0 spiro atoms. The number of aliphatic hydroxyl groups is 5. The maximum absolute atomic E-state index is 13.1. The van der Waals surface area contributed by atoms with Crippen LogP contribution in [0.1, 0.15) is 58.3 Å². The van der Waals surface area contributed by atoms with Crippen LogP contribution in [-0.2, 0) is 47.8 Å². The van der Waals surface area contributed by atoms with Crippen LogP contribution >= 0.6 is 0 Å². The molecule has 2 saturated heterocycles. The molecule has 2 saturated carbocycles. The minimum absolute atomic E-state index is 0.0275. The highest BCUT2D eigenvalue weighted by Gasteiger charge is 2.49. The first-order chi connectivity index (χ1) is 23.8. The van der Waals surface area contributed by atoms with Crippen molar-refractivity contribution in [2.75, 3.05) is 39.4 Å². The fourth-order valence-electron chi connectivity index (χ4n) is 6.38. The van der Waals surface area contributed by atoms with E-state index >= 15 is 0 Å². The largest absolute Gasteiger partial charge is 0.390 e. The molecule has 0 radical (unpaired) electrons. The van der Waals surface area contributed by atoms with Gasteiger partial charge in [-0.05, 0) is 25.2 Å². The van der Waals surface area contributed by atoms with Gasteiger partial charge in [0.05, 0.1) is 37.6 Å². The van der Waals surface area contributed by atoms with Crippen LogP contribution in [0, 0.1) is 5.92 Å². The summed E-state index contributed by atoms with van der Waals surface area (Å²) >= 11 is 0. The van der Waals surface area contributed by atoms with Gasteiger partial charge in [-0.1, -0.05) is 6.92 Å². The quantitative estimate of drug-likeness (QED) is 0.102. The summed E-state index contributed by atoms with van der Waals surface area (Å²) in [4.78, 5) is 79.9. The Kier molecular flexibility index (Phi) is 14.4. The van der Waals surface area contributed by atoms with E-state index in [2.05, 4.69) is 10.6 Å². The SMILES string of the molecule is C[C@@H]1C[C@H]2OCCNC(=O)CN(C(=O)CCCCC(=O)ON3C(=O)CCC3=O)CC(=O)NCCO[C@@H]3C[C@@H](O[C@H]2[C@H](O)[C@@H]1O)[C@@H](O)[C@@H](O)[C@@H]3O. The average Bonchev–Trinajstić information content (AvgIpc) is 3.39. The number of carbonyl (C=O) groups is 6. The predicted molar refractivity (Wildman–Crippen MR) is 165 cm³/mol. The molecule has 4 fully saturated rings. The third-order valence-corrected chi connectivity index (χ3v) is 9.25. The van der Waals surface area contributed by atoms with Crippen molar-refractivity contribution in [1.82, 2.24) is 20.6 Å². The van der Waals surface area contributed by atoms with Gasteiger partial charge in [0.1, 0.15) is 43.6 Å². The van der Waals surface area contributed by atoms with E-state index in [1.807, 2.05) is 0 Å². The van der Waals surface area contributed by atoms with Crippen LogP contribution in [0.4, 0.5) is 0 Å². The molecule has 2 aliphatic carbocycles. The van der Waals surface area contributed by atoms with E-state index in [0.717, 1.165) is 4.90 Å². The van der Waals surface area contributed by atoms with Crippen molar-refractivity contribution in [3.63, 3.8) is 0 Å². The number of rotatable bonds is 6. The van der Waals surface area contributed by atoms with E-state index in [4.69, 9.17) is 19.0 Å². The van der Waals surface area contributed by atoms with Gasteiger partial charge in [-0.2, -0.15) is 0 Å². The Hall–Kier alpha value is -3.30. The third kappa shape index (κ3) is 10.4. The normalized spacial score (nSPS) is 35.2. The molecule has 0 aromatic carbocycles. The van der Waals surface area contributed by atoms with Gasteiger partial charge in [-0.15, -0.1) is 5.06 Å². The Bertz CT molecular complexity index is 1220.